The van der Waals surface area contributed by atoms with Crippen LogP contribution >= 0.6 is 0 Å². The molecule has 1 aliphatic carbocycles. The van der Waals surface area contributed by atoms with E-state index in [4.69, 9.17) is 9.47 Å². The highest BCUT2D eigenvalue weighted by Crippen LogP contribution is 2.32. The highest BCUT2D eigenvalue weighted by molar-refractivity contribution is 5.96. The molecule has 2 amide bonds. The lowest BCUT2D eigenvalue weighted by Crippen LogP contribution is -2.47. The van der Waals surface area contributed by atoms with Crippen LogP contribution in [0.25, 0.3) is 0 Å². The molecule has 8 nitrogen and oxygen atoms in total. The largest absolute Gasteiger partial charge is 0.481 e. The maximum atomic E-state index is 12.2. The summed E-state index contributed by atoms with van der Waals surface area (Å²) in [4.78, 5) is 35.6. The Balaban J connectivity index is 1.59. The standard InChI is InChI=1S/C16H18N2O6/c19-14(9-5-6-12-13(7-9)24-8-23-12)17-18-15(20)10-3-1-2-4-11(10)16(21)22/h5-7,10-11H,1-4,8H2,(H,17,19)(H,18,20)(H,21,22)/t10-,11-/m0/s1. The fraction of sp³-hybridized carbons (Fsp3) is 0.438. The van der Waals surface area contributed by atoms with Crippen LogP contribution in [0.1, 0.15) is 36.0 Å². The Morgan fingerprint density at radius 2 is 1.71 bits per heavy atom. The van der Waals surface area contributed by atoms with Crippen LogP contribution in [-0.2, 0) is 9.59 Å². The van der Waals surface area contributed by atoms with Crippen molar-refractivity contribution in [3.05, 3.63) is 23.8 Å². The van der Waals surface area contributed by atoms with Gasteiger partial charge in [-0.15, -0.1) is 0 Å². The van der Waals surface area contributed by atoms with Crippen molar-refractivity contribution in [2.24, 2.45) is 11.8 Å². The molecule has 1 aliphatic heterocycles. The molecule has 2 atom stereocenters. The normalized spacial score (nSPS) is 21.8. The third-order valence-corrected chi connectivity index (χ3v) is 4.35. The van der Waals surface area contributed by atoms with Gasteiger partial charge in [-0.1, -0.05) is 12.8 Å². The fourth-order valence-corrected chi connectivity index (χ4v) is 3.06. The summed E-state index contributed by atoms with van der Waals surface area (Å²) in [5.41, 5.74) is 4.95. The van der Waals surface area contributed by atoms with Gasteiger partial charge in [0.1, 0.15) is 0 Å². The van der Waals surface area contributed by atoms with Crippen molar-refractivity contribution in [2.45, 2.75) is 25.7 Å². The molecular weight excluding hydrogens is 316 g/mol. The predicted octanol–water partition coefficient (Wildman–Crippen LogP) is 1.07. The third-order valence-electron chi connectivity index (χ3n) is 4.35. The highest BCUT2D eigenvalue weighted by Gasteiger charge is 2.35. The molecule has 3 rings (SSSR count). The van der Waals surface area contributed by atoms with E-state index in [0.717, 1.165) is 12.8 Å². The van der Waals surface area contributed by atoms with Crippen LogP contribution in [0.2, 0.25) is 0 Å². The average molecular weight is 334 g/mol. The number of fused-ring (bicyclic) bond motifs is 1. The van der Waals surface area contributed by atoms with Gasteiger partial charge in [0.05, 0.1) is 11.8 Å². The zero-order valence-electron chi connectivity index (χ0n) is 12.9. The van der Waals surface area contributed by atoms with Gasteiger partial charge in [0.25, 0.3) is 5.91 Å². The highest BCUT2D eigenvalue weighted by atomic mass is 16.7. The molecule has 128 valence electrons. The van der Waals surface area contributed by atoms with E-state index < -0.39 is 29.6 Å². The number of benzene rings is 1. The Hall–Kier alpha value is -2.77. The number of hydrogen-bond donors (Lipinski definition) is 3. The second kappa shape index (κ2) is 6.77. The number of carboxylic acid groups (broad SMARTS) is 1. The summed E-state index contributed by atoms with van der Waals surface area (Å²) in [6.45, 7) is 0.107. The smallest absolute Gasteiger partial charge is 0.307 e. The van der Waals surface area contributed by atoms with Gasteiger partial charge in [-0.3, -0.25) is 25.2 Å². The maximum absolute atomic E-state index is 12.2. The van der Waals surface area contributed by atoms with Gasteiger partial charge >= 0.3 is 5.97 Å². The summed E-state index contributed by atoms with van der Waals surface area (Å²) < 4.78 is 10.4. The summed E-state index contributed by atoms with van der Waals surface area (Å²) in [5, 5.41) is 9.21. The van der Waals surface area contributed by atoms with Crippen LogP contribution in [0.4, 0.5) is 0 Å². The van der Waals surface area contributed by atoms with Crippen molar-refractivity contribution in [3.63, 3.8) is 0 Å². The number of hydrogen-bond acceptors (Lipinski definition) is 5. The number of amides is 2. The molecule has 1 aromatic carbocycles. The summed E-state index contributed by atoms with van der Waals surface area (Å²) in [5.74, 6) is -2.28. The number of carbonyl (C=O) groups excluding carboxylic acids is 2. The lowest BCUT2D eigenvalue weighted by Gasteiger charge is -2.27. The maximum Gasteiger partial charge on any atom is 0.307 e. The second-order valence-electron chi connectivity index (χ2n) is 5.85. The van der Waals surface area contributed by atoms with E-state index in [-0.39, 0.29) is 6.79 Å². The van der Waals surface area contributed by atoms with E-state index in [1.165, 1.54) is 6.07 Å². The molecule has 3 N–H and O–H groups in total. The van der Waals surface area contributed by atoms with Gasteiger partial charge in [-0.05, 0) is 31.0 Å². The first-order valence-corrected chi connectivity index (χ1v) is 7.79. The summed E-state index contributed by atoms with van der Waals surface area (Å²) in [6, 6.07) is 4.68. The molecule has 1 aromatic rings. The van der Waals surface area contributed by atoms with Crippen LogP contribution in [0.3, 0.4) is 0 Å². The van der Waals surface area contributed by atoms with Gasteiger partial charge in [0, 0.05) is 5.56 Å². The quantitative estimate of drug-likeness (QED) is 0.713. The molecule has 0 unspecified atom stereocenters. The summed E-state index contributed by atoms with van der Waals surface area (Å²) in [6.07, 6.45) is 2.58. The Kier molecular flexibility index (Phi) is 4.54. The average Bonchev–Trinajstić information content (AvgIpc) is 3.06. The van der Waals surface area contributed by atoms with E-state index in [1.807, 2.05) is 0 Å². The Labute approximate surface area is 138 Å². The molecule has 0 bridgehead atoms. The van der Waals surface area contributed by atoms with Crippen LogP contribution < -0.4 is 20.3 Å². The molecule has 24 heavy (non-hydrogen) atoms. The number of hydrazine groups is 1. The number of carbonyl (C=O) groups is 3. The summed E-state index contributed by atoms with van der Waals surface area (Å²) >= 11 is 0. The van der Waals surface area contributed by atoms with Gasteiger partial charge in [0.15, 0.2) is 11.5 Å². The van der Waals surface area contributed by atoms with Crippen molar-refractivity contribution < 1.29 is 29.0 Å². The predicted molar refractivity (Wildman–Crippen MR) is 81.3 cm³/mol. The molecular formula is C16H18N2O6. The van der Waals surface area contributed by atoms with Gasteiger partial charge in [-0.2, -0.15) is 0 Å². The van der Waals surface area contributed by atoms with E-state index in [0.29, 0.717) is 29.9 Å². The molecule has 0 aromatic heterocycles. The second-order valence-corrected chi connectivity index (χ2v) is 5.85. The van der Waals surface area contributed by atoms with Gasteiger partial charge in [-0.25, -0.2) is 0 Å². The monoisotopic (exact) mass is 334 g/mol. The number of aliphatic carboxylic acids is 1. The van der Waals surface area contributed by atoms with Crippen LogP contribution in [-0.4, -0.2) is 29.7 Å². The number of rotatable bonds is 3. The topological polar surface area (TPSA) is 114 Å². The third kappa shape index (κ3) is 3.27. The molecule has 0 spiro atoms. The van der Waals surface area contributed by atoms with Crippen molar-refractivity contribution in [2.75, 3.05) is 6.79 Å². The minimum Gasteiger partial charge on any atom is -0.481 e. The van der Waals surface area contributed by atoms with Crippen molar-refractivity contribution in [1.82, 2.24) is 10.9 Å². The van der Waals surface area contributed by atoms with E-state index in [9.17, 15) is 19.5 Å². The minimum absolute atomic E-state index is 0.107. The SMILES string of the molecule is O=C(NNC(=O)[C@H]1CCCC[C@@H]1C(=O)O)c1ccc2c(c1)OCO2. The Morgan fingerprint density at radius 3 is 2.46 bits per heavy atom. The van der Waals surface area contributed by atoms with Crippen molar-refractivity contribution in [3.8, 4) is 11.5 Å². The molecule has 8 heteroatoms. The Bertz CT molecular complexity index is 675. The molecule has 1 heterocycles. The minimum atomic E-state index is -0.975. The number of ether oxygens (including phenoxy) is 2. The zero-order chi connectivity index (χ0) is 17.1. The first-order valence-electron chi connectivity index (χ1n) is 7.79. The van der Waals surface area contributed by atoms with Crippen LogP contribution in [0, 0.1) is 11.8 Å². The number of carboxylic acids is 1. The molecule has 1 fully saturated rings. The first kappa shape index (κ1) is 16.1. The van der Waals surface area contributed by atoms with Crippen molar-refractivity contribution >= 4 is 17.8 Å². The van der Waals surface area contributed by atoms with Crippen LogP contribution in [0.5, 0.6) is 11.5 Å². The molecule has 0 radical (unpaired) electrons. The molecule has 0 saturated heterocycles. The van der Waals surface area contributed by atoms with Crippen LogP contribution in [0.15, 0.2) is 18.2 Å². The Morgan fingerprint density at radius 1 is 1.00 bits per heavy atom. The lowest BCUT2D eigenvalue weighted by atomic mass is 9.79. The molecule has 1 saturated carbocycles. The van der Waals surface area contributed by atoms with Crippen molar-refractivity contribution in [1.29, 1.82) is 0 Å². The fourth-order valence-electron chi connectivity index (χ4n) is 3.06. The lowest BCUT2D eigenvalue weighted by molar-refractivity contribution is -0.149. The van der Waals surface area contributed by atoms with E-state index in [2.05, 4.69) is 10.9 Å². The van der Waals surface area contributed by atoms with Gasteiger partial charge in [0.2, 0.25) is 12.7 Å². The zero-order valence-corrected chi connectivity index (χ0v) is 12.9. The van der Waals surface area contributed by atoms with E-state index >= 15 is 0 Å². The van der Waals surface area contributed by atoms with Gasteiger partial charge < -0.3 is 14.6 Å². The summed E-state index contributed by atoms with van der Waals surface area (Å²) in [7, 11) is 0. The number of nitrogens with one attached hydrogen (secondary N) is 2. The first-order chi connectivity index (χ1) is 11.6. The van der Waals surface area contributed by atoms with E-state index in [1.54, 1.807) is 12.1 Å². The molecule has 2 aliphatic rings.